The SMILES string of the molecule is CNCCN(C)Cc1c[nH]nc1-c1ccc(N(CCCN2CCOCC2)CC(C)C)nc1. The van der Waals surface area contributed by atoms with E-state index in [-0.39, 0.29) is 0 Å². The Balaban J connectivity index is 1.62. The van der Waals surface area contributed by atoms with E-state index in [1.807, 2.05) is 19.4 Å². The second kappa shape index (κ2) is 12.9. The highest BCUT2D eigenvalue weighted by molar-refractivity contribution is 5.63. The van der Waals surface area contributed by atoms with Crippen LogP contribution in [0.5, 0.6) is 0 Å². The number of ether oxygens (including phenoxy) is 1. The number of hydrogen-bond donors (Lipinski definition) is 2. The number of rotatable bonds is 13. The summed E-state index contributed by atoms with van der Waals surface area (Å²) in [5.74, 6) is 1.64. The molecule has 1 saturated heterocycles. The number of nitrogens with zero attached hydrogens (tertiary/aromatic N) is 5. The lowest BCUT2D eigenvalue weighted by atomic mass is 10.1. The fraction of sp³-hybridized carbons (Fsp3) is 0.667. The molecule has 3 rings (SSSR count). The maximum Gasteiger partial charge on any atom is 0.128 e. The first-order chi connectivity index (χ1) is 15.6. The quantitative estimate of drug-likeness (QED) is 0.492. The van der Waals surface area contributed by atoms with Crippen LogP contribution in [0.3, 0.4) is 0 Å². The van der Waals surface area contributed by atoms with Gasteiger partial charge in [0.15, 0.2) is 0 Å². The van der Waals surface area contributed by atoms with E-state index in [2.05, 4.69) is 63.2 Å². The molecule has 2 aromatic rings. The van der Waals surface area contributed by atoms with Crippen molar-refractivity contribution in [3.05, 3.63) is 30.1 Å². The van der Waals surface area contributed by atoms with Crippen molar-refractivity contribution in [2.45, 2.75) is 26.8 Å². The Morgan fingerprint density at radius 3 is 2.72 bits per heavy atom. The molecule has 1 aliphatic rings. The Bertz CT molecular complexity index is 771. The molecule has 2 aromatic heterocycles. The summed E-state index contributed by atoms with van der Waals surface area (Å²) in [5.41, 5.74) is 3.25. The summed E-state index contributed by atoms with van der Waals surface area (Å²) in [6.07, 6.45) is 5.10. The predicted octanol–water partition coefficient (Wildman–Crippen LogP) is 2.31. The van der Waals surface area contributed by atoms with Crippen LogP contribution in [0.1, 0.15) is 25.8 Å². The fourth-order valence-electron chi connectivity index (χ4n) is 4.12. The van der Waals surface area contributed by atoms with Crippen LogP contribution in [0.25, 0.3) is 11.3 Å². The lowest BCUT2D eigenvalue weighted by molar-refractivity contribution is 0.0376. The van der Waals surface area contributed by atoms with Crippen molar-refractivity contribution >= 4 is 5.82 Å². The number of likely N-dealkylation sites (N-methyl/N-ethyl adjacent to an activating group) is 2. The molecule has 1 aliphatic heterocycles. The van der Waals surface area contributed by atoms with Gasteiger partial charge in [0, 0.05) is 75.9 Å². The summed E-state index contributed by atoms with van der Waals surface area (Å²) >= 11 is 0. The van der Waals surface area contributed by atoms with E-state index in [1.165, 1.54) is 5.56 Å². The minimum absolute atomic E-state index is 0.589. The second-order valence-electron chi connectivity index (χ2n) is 9.15. The third-order valence-corrected chi connectivity index (χ3v) is 5.84. The van der Waals surface area contributed by atoms with Gasteiger partial charge in [0.05, 0.1) is 18.9 Å². The van der Waals surface area contributed by atoms with E-state index in [1.54, 1.807) is 0 Å². The minimum atomic E-state index is 0.589. The fourth-order valence-corrected chi connectivity index (χ4v) is 4.12. The van der Waals surface area contributed by atoms with Gasteiger partial charge < -0.3 is 19.9 Å². The van der Waals surface area contributed by atoms with E-state index in [0.29, 0.717) is 5.92 Å². The smallest absolute Gasteiger partial charge is 0.128 e. The average Bonchev–Trinajstić information content (AvgIpc) is 3.25. The van der Waals surface area contributed by atoms with Gasteiger partial charge >= 0.3 is 0 Å². The summed E-state index contributed by atoms with van der Waals surface area (Å²) in [6, 6.07) is 4.31. The Hall–Kier alpha value is -2.00. The van der Waals surface area contributed by atoms with Gasteiger partial charge in [-0.05, 0) is 38.6 Å². The molecule has 0 amide bonds. The largest absolute Gasteiger partial charge is 0.379 e. The Morgan fingerprint density at radius 2 is 2.03 bits per heavy atom. The topological polar surface area (TPSA) is 72.6 Å². The Kier molecular flexibility index (Phi) is 9.92. The number of H-pyrrole nitrogens is 1. The van der Waals surface area contributed by atoms with E-state index in [9.17, 15) is 0 Å². The number of hydrogen-bond acceptors (Lipinski definition) is 7. The first kappa shape index (κ1) is 24.6. The lowest BCUT2D eigenvalue weighted by Gasteiger charge is -2.29. The first-order valence-electron chi connectivity index (χ1n) is 11.9. The highest BCUT2D eigenvalue weighted by Gasteiger charge is 2.15. The third kappa shape index (κ3) is 7.55. The molecule has 0 saturated carbocycles. The Labute approximate surface area is 193 Å². The van der Waals surface area contributed by atoms with Gasteiger partial charge in [-0.3, -0.25) is 10.00 Å². The number of pyridine rings is 1. The zero-order valence-corrected chi connectivity index (χ0v) is 20.3. The molecule has 0 spiro atoms. The maximum atomic E-state index is 5.46. The van der Waals surface area contributed by atoms with Gasteiger partial charge in [0.25, 0.3) is 0 Å². The van der Waals surface area contributed by atoms with Crippen LogP contribution in [0.2, 0.25) is 0 Å². The van der Waals surface area contributed by atoms with Crippen LogP contribution < -0.4 is 10.2 Å². The van der Waals surface area contributed by atoms with E-state index >= 15 is 0 Å². The van der Waals surface area contributed by atoms with Crippen LogP contribution >= 0.6 is 0 Å². The summed E-state index contributed by atoms with van der Waals surface area (Å²) < 4.78 is 5.46. The molecular weight excluding hydrogens is 402 g/mol. The number of aromatic amines is 1. The van der Waals surface area contributed by atoms with Gasteiger partial charge in [-0.2, -0.15) is 5.10 Å². The Morgan fingerprint density at radius 1 is 1.22 bits per heavy atom. The molecule has 32 heavy (non-hydrogen) atoms. The molecule has 3 heterocycles. The van der Waals surface area contributed by atoms with Crippen molar-refractivity contribution in [1.82, 2.24) is 30.3 Å². The number of morpholine rings is 1. The zero-order chi connectivity index (χ0) is 22.8. The third-order valence-electron chi connectivity index (χ3n) is 5.84. The van der Waals surface area contributed by atoms with Crippen molar-refractivity contribution in [3.8, 4) is 11.3 Å². The summed E-state index contributed by atoms with van der Waals surface area (Å²) in [4.78, 5) is 12.1. The predicted molar refractivity (Wildman–Crippen MR) is 131 cm³/mol. The average molecular weight is 444 g/mol. The van der Waals surface area contributed by atoms with E-state index in [0.717, 1.165) is 89.1 Å². The highest BCUT2D eigenvalue weighted by atomic mass is 16.5. The minimum Gasteiger partial charge on any atom is -0.379 e. The monoisotopic (exact) mass is 443 g/mol. The second-order valence-corrected chi connectivity index (χ2v) is 9.15. The van der Waals surface area contributed by atoms with Crippen LogP contribution in [0, 0.1) is 5.92 Å². The van der Waals surface area contributed by atoms with Crippen molar-refractivity contribution in [1.29, 1.82) is 0 Å². The molecule has 1 fully saturated rings. The van der Waals surface area contributed by atoms with Crippen molar-refractivity contribution in [2.24, 2.45) is 5.92 Å². The molecule has 0 aromatic carbocycles. The molecule has 178 valence electrons. The van der Waals surface area contributed by atoms with Gasteiger partial charge in [0.2, 0.25) is 0 Å². The van der Waals surface area contributed by atoms with Gasteiger partial charge in [0.1, 0.15) is 5.82 Å². The van der Waals surface area contributed by atoms with E-state index in [4.69, 9.17) is 9.72 Å². The van der Waals surface area contributed by atoms with Gasteiger partial charge in [-0.25, -0.2) is 4.98 Å². The van der Waals surface area contributed by atoms with Crippen LogP contribution in [0.4, 0.5) is 5.82 Å². The number of aromatic nitrogens is 3. The molecule has 0 radical (unpaired) electrons. The normalized spacial score (nSPS) is 15.1. The van der Waals surface area contributed by atoms with Gasteiger partial charge in [-0.15, -0.1) is 0 Å². The molecule has 8 heteroatoms. The molecule has 2 N–H and O–H groups in total. The van der Waals surface area contributed by atoms with Gasteiger partial charge in [-0.1, -0.05) is 13.8 Å². The molecule has 0 aliphatic carbocycles. The summed E-state index contributed by atoms with van der Waals surface area (Å²) in [5, 5.41) is 10.7. The standard InChI is InChI=1S/C24H41N7O/c1-20(2)18-31(10-5-9-30-12-14-32-15-13-30)23-7-6-21(16-26-23)24-22(17-27-28-24)19-29(4)11-8-25-3/h6-7,16-17,20,25H,5,8-15,18-19H2,1-4H3,(H,27,28). The van der Waals surface area contributed by atoms with E-state index < -0.39 is 0 Å². The molecular formula is C24H41N7O. The molecule has 0 atom stereocenters. The van der Waals surface area contributed by atoms with Crippen molar-refractivity contribution in [2.75, 3.05) is 78.0 Å². The summed E-state index contributed by atoms with van der Waals surface area (Å²) in [6.45, 7) is 14.3. The lowest BCUT2D eigenvalue weighted by Crippen LogP contribution is -2.38. The van der Waals surface area contributed by atoms with Crippen LogP contribution in [-0.2, 0) is 11.3 Å². The van der Waals surface area contributed by atoms with Crippen molar-refractivity contribution in [3.63, 3.8) is 0 Å². The van der Waals surface area contributed by atoms with Crippen molar-refractivity contribution < 1.29 is 4.74 Å². The first-order valence-corrected chi connectivity index (χ1v) is 11.9. The molecule has 0 unspecified atom stereocenters. The van der Waals surface area contributed by atoms with Crippen LogP contribution in [-0.4, -0.2) is 98.1 Å². The molecule has 8 nitrogen and oxygen atoms in total. The van der Waals surface area contributed by atoms with Crippen LogP contribution in [0.15, 0.2) is 24.5 Å². The number of anilines is 1. The maximum absolute atomic E-state index is 5.46. The number of nitrogens with one attached hydrogen (secondary N) is 2. The zero-order valence-electron chi connectivity index (χ0n) is 20.3. The molecule has 0 bridgehead atoms. The summed E-state index contributed by atoms with van der Waals surface area (Å²) in [7, 11) is 4.12. The highest BCUT2D eigenvalue weighted by Crippen LogP contribution is 2.24.